The summed E-state index contributed by atoms with van der Waals surface area (Å²) in [5.74, 6) is 0. The topological polar surface area (TPSA) is 43.8 Å². The fourth-order valence-corrected chi connectivity index (χ4v) is 1.20. The van der Waals surface area contributed by atoms with Crippen molar-refractivity contribution in [1.29, 1.82) is 0 Å². The summed E-state index contributed by atoms with van der Waals surface area (Å²) in [7, 11) is 0. The third-order valence-corrected chi connectivity index (χ3v) is 1.99. The molecule has 11 heavy (non-hydrogen) atoms. The molecule has 1 aromatic heterocycles. The molecule has 1 aliphatic carbocycles. The lowest BCUT2D eigenvalue weighted by Crippen LogP contribution is -2.04. The smallest absolute Gasteiger partial charge is 0.0637 e. The highest BCUT2D eigenvalue weighted by Gasteiger charge is 2.23. The molecule has 0 amide bonds. The summed E-state index contributed by atoms with van der Waals surface area (Å²) >= 11 is 0. The van der Waals surface area contributed by atoms with Gasteiger partial charge in [0.25, 0.3) is 0 Å². The number of hydrogen-bond acceptors (Lipinski definition) is 2. The summed E-state index contributed by atoms with van der Waals surface area (Å²) in [6, 6.07) is 2.76. The molecular formula is C8H13N3. The Bertz CT molecular complexity index is 237. The van der Waals surface area contributed by atoms with E-state index >= 15 is 0 Å². The molecule has 0 aliphatic heterocycles. The summed E-state index contributed by atoms with van der Waals surface area (Å²) in [6.45, 7) is 0.696. The number of nitrogens with two attached hydrogens (primary N) is 1. The molecule has 3 nitrogen and oxygen atoms in total. The minimum absolute atomic E-state index is 0.696. The SMILES string of the molecule is NCCc1ccn(C2CC2)n1. The van der Waals surface area contributed by atoms with Crippen molar-refractivity contribution in [2.24, 2.45) is 5.73 Å². The second kappa shape index (κ2) is 2.66. The van der Waals surface area contributed by atoms with Crippen LogP contribution in [0.1, 0.15) is 24.6 Å². The first-order valence-electron chi connectivity index (χ1n) is 4.14. The van der Waals surface area contributed by atoms with Crippen molar-refractivity contribution in [3.8, 4) is 0 Å². The fourth-order valence-electron chi connectivity index (χ4n) is 1.20. The van der Waals surface area contributed by atoms with Crippen LogP contribution < -0.4 is 5.73 Å². The lowest BCUT2D eigenvalue weighted by Gasteiger charge is -1.94. The van der Waals surface area contributed by atoms with E-state index in [0.717, 1.165) is 12.1 Å². The summed E-state index contributed by atoms with van der Waals surface area (Å²) in [5, 5.41) is 4.40. The van der Waals surface area contributed by atoms with Crippen LogP contribution in [0.15, 0.2) is 12.3 Å². The number of nitrogens with zero attached hydrogens (tertiary/aromatic N) is 2. The van der Waals surface area contributed by atoms with Gasteiger partial charge in [0.05, 0.1) is 11.7 Å². The largest absolute Gasteiger partial charge is 0.330 e. The van der Waals surface area contributed by atoms with Crippen molar-refractivity contribution in [3.05, 3.63) is 18.0 Å². The molecule has 1 aliphatic rings. The third kappa shape index (κ3) is 1.43. The van der Waals surface area contributed by atoms with Crippen LogP contribution in [0, 0.1) is 0 Å². The predicted octanol–water partition coefficient (Wildman–Crippen LogP) is 0.719. The maximum Gasteiger partial charge on any atom is 0.0637 e. The van der Waals surface area contributed by atoms with E-state index in [1.165, 1.54) is 12.8 Å². The first-order chi connectivity index (χ1) is 5.40. The van der Waals surface area contributed by atoms with Gasteiger partial charge < -0.3 is 5.73 Å². The highest BCUT2D eigenvalue weighted by Crippen LogP contribution is 2.33. The standard InChI is InChI=1S/C8H13N3/c9-5-3-7-4-6-11(10-7)8-1-2-8/h4,6,8H,1-3,5,9H2. The maximum absolute atomic E-state index is 5.41. The van der Waals surface area contributed by atoms with E-state index in [2.05, 4.69) is 22.0 Å². The van der Waals surface area contributed by atoms with Crippen LogP contribution in [-0.2, 0) is 6.42 Å². The van der Waals surface area contributed by atoms with Gasteiger partial charge in [0.1, 0.15) is 0 Å². The predicted molar refractivity (Wildman–Crippen MR) is 43.3 cm³/mol. The zero-order chi connectivity index (χ0) is 7.68. The van der Waals surface area contributed by atoms with E-state index in [9.17, 15) is 0 Å². The molecule has 2 rings (SSSR count). The first-order valence-corrected chi connectivity index (χ1v) is 4.14. The van der Waals surface area contributed by atoms with Gasteiger partial charge >= 0.3 is 0 Å². The van der Waals surface area contributed by atoms with Crippen molar-refractivity contribution >= 4 is 0 Å². The molecule has 0 bridgehead atoms. The van der Waals surface area contributed by atoms with Gasteiger partial charge in [-0.05, 0) is 25.5 Å². The highest BCUT2D eigenvalue weighted by atomic mass is 15.3. The van der Waals surface area contributed by atoms with Gasteiger partial charge in [-0.1, -0.05) is 0 Å². The van der Waals surface area contributed by atoms with Crippen LogP contribution in [0.5, 0.6) is 0 Å². The molecule has 0 spiro atoms. The van der Waals surface area contributed by atoms with E-state index < -0.39 is 0 Å². The molecular weight excluding hydrogens is 138 g/mol. The summed E-state index contributed by atoms with van der Waals surface area (Å²) in [5.41, 5.74) is 6.54. The first kappa shape index (κ1) is 6.85. The molecule has 1 saturated carbocycles. The second-order valence-electron chi connectivity index (χ2n) is 3.06. The Balaban J connectivity index is 2.06. The fraction of sp³-hybridized carbons (Fsp3) is 0.625. The molecule has 0 radical (unpaired) electrons. The van der Waals surface area contributed by atoms with Crippen LogP contribution in [0.4, 0.5) is 0 Å². The Morgan fingerprint density at radius 2 is 2.45 bits per heavy atom. The van der Waals surface area contributed by atoms with Gasteiger partial charge in [0.2, 0.25) is 0 Å². The van der Waals surface area contributed by atoms with Gasteiger partial charge in [-0.25, -0.2) is 0 Å². The van der Waals surface area contributed by atoms with Gasteiger partial charge in [0.15, 0.2) is 0 Å². The molecule has 0 unspecified atom stereocenters. The summed E-state index contributed by atoms with van der Waals surface area (Å²) in [6.07, 6.45) is 5.55. The van der Waals surface area contributed by atoms with Crippen LogP contribution in [-0.4, -0.2) is 16.3 Å². The monoisotopic (exact) mass is 151 g/mol. The molecule has 1 fully saturated rings. The lowest BCUT2D eigenvalue weighted by atomic mass is 10.3. The van der Waals surface area contributed by atoms with E-state index in [4.69, 9.17) is 5.73 Å². The number of aromatic nitrogens is 2. The zero-order valence-corrected chi connectivity index (χ0v) is 6.53. The third-order valence-electron chi connectivity index (χ3n) is 1.99. The Morgan fingerprint density at radius 3 is 3.09 bits per heavy atom. The highest BCUT2D eigenvalue weighted by molar-refractivity contribution is 5.01. The van der Waals surface area contributed by atoms with Crippen molar-refractivity contribution in [2.45, 2.75) is 25.3 Å². The minimum atomic E-state index is 0.696. The van der Waals surface area contributed by atoms with Crippen molar-refractivity contribution < 1.29 is 0 Å². The Labute approximate surface area is 66.2 Å². The van der Waals surface area contributed by atoms with Gasteiger partial charge in [-0.15, -0.1) is 0 Å². The second-order valence-corrected chi connectivity index (χ2v) is 3.06. The van der Waals surface area contributed by atoms with Gasteiger partial charge in [-0.2, -0.15) is 5.10 Å². The van der Waals surface area contributed by atoms with Crippen LogP contribution in [0.25, 0.3) is 0 Å². The van der Waals surface area contributed by atoms with E-state index in [1.54, 1.807) is 0 Å². The Morgan fingerprint density at radius 1 is 1.64 bits per heavy atom. The molecule has 2 N–H and O–H groups in total. The quantitative estimate of drug-likeness (QED) is 0.691. The molecule has 60 valence electrons. The van der Waals surface area contributed by atoms with E-state index in [1.807, 2.05) is 0 Å². The zero-order valence-electron chi connectivity index (χ0n) is 6.53. The molecule has 0 aromatic carbocycles. The van der Waals surface area contributed by atoms with Gasteiger partial charge in [0, 0.05) is 12.6 Å². The summed E-state index contributed by atoms with van der Waals surface area (Å²) in [4.78, 5) is 0. The van der Waals surface area contributed by atoms with Crippen molar-refractivity contribution in [3.63, 3.8) is 0 Å². The van der Waals surface area contributed by atoms with Gasteiger partial charge in [-0.3, -0.25) is 4.68 Å². The summed E-state index contributed by atoms with van der Waals surface area (Å²) < 4.78 is 2.06. The van der Waals surface area contributed by atoms with Crippen LogP contribution >= 0.6 is 0 Å². The Hall–Kier alpha value is -0.830. The van der Waals surface area contributed by atoms with Crippen molar-refractivity contribution in [1.82, 2.24) is 9.78 Å². The molecule has 0 saturated heterocycles. The minimum Gasteiger partial charge on any atom is -0.330 e. The molecule has 1 aromatic rings. The van der Waals surface area contributed by atoms with E-state index in [0.29, 0.717) is 12.6 Å². The van der Waals surface area contributed by atoms with Crippen LogP contribution in [0.2, 0.25) is 0 Å². The van der Waals surface area contributed by atoms with Crippen molar-refractivity contribution in [2.75, 3.05) is 6.54 Å². The lowest BCUT2D eigenvalue weighted by molar-refractivity contribution is 0.629. The average molecular weight is 151 g/mol. The normalized spacial score (nSPS) is 17.2. The maximum atomic E-state index is 5.41. The number of rotatable bonds is 3. The molecule has 3 heteroatoms. The van der Waals surface area contributed by atoms with E-state index in [-0.39, 0.29) is 0 Å². The number of hydrogen-bond donors (Lipinski definition) is 1. The molecule has 0 atom stereocenters. The molecule has 1 heterocycles. The average Bonchev–Trinajstić information content (AvgIpc) is 2.75. The Kier molecular flexibility index (Phi) is 1.66. The van der Waals surface area contributed by atoms with Crippen LogP contribution in [0.3, 0.4) is 0 Å².